The number of benzene rings is 1. The normalized spacial score (nSPS) is 14.1. The maximum absolute atomic E-state index is 3.36. The average molecular weight is 235 g/mol. The molecular formula is C14H21NS. The van der Waals surface area contributed by atoms with Crippen LogP contribution in [0.15, 0.2) is 23.1 Å². The van der Waals surface area contributed by atoms with Gasteiger partial charge in [-0.25, -0.2) is 0 Å². The third-order valence-corrected chi connectivity index (χ3v) is 4.17. The molecule has 1 N–H and O–H groups in total. The lowest BCUT2D eigenvalue weighted by Gasteiger charge is -2.05. The van der Waals surface area contributed by atoms with Crippen LogP contribution in [0.2, 0.25) is 0 Å². The second-order valence-corrected chi connectivity index (χ2v) is 5.51. The highest BCUT2D eigenvalue weighted by molar-refractivity contribution is 7.99. The molecular weight excluding hydrogens is 214 g/mol. The van der Waals surface area contributed by atoms with Gasteiger partial charge in [0.05, 0.1) is 0 Å². The highest BCUT2D eigenvalue weighted by Crippen LogP contribution is 2.27. The van der Waals surface area contributed by atoms with E-state index < -0.39 is 0 Å². The first-order valence-electron chi connectivity index (χ1n) is 6.35. The molecule has 0 unspecified atom stereocenters. The van der Waals surface area contributed by atoms with Crippen LogP contribution in [0, 0.1) is 0 Å². The number of hydrogen-bond acceptors (Lipinski definition) is 2. The first kappa shape index (κ1) is 12.0. The quantitative estimate of drug-likeness (QED) is 0.600. The summed E-state index contributed by atoms with van der Waals surface area (Å²) < 4.78 is 0. The Morgan fingerprint density at radius 2 is 2.12 bits per heavy atom. The summed E-state index contributed by atoms with van der Waals surface area (Å²) in [7, 11) is 0. The fourth-order valence-corrected chi connectivity index (χ4v) is 3.12. The van der Waals surface area contributed by atoms with E-state index >= 15 is 0 Å². The van der Waals surface area contributed by atoms with Gasteiger partial charge < -0.3 is 5.32 Å². The van der Waals surface area contributed by atoms with Crippen molar-refractivity contribution in [3.8, 4) is 0 Å². The van der Waals surface area contributed by atoms with Gasteiger partial charge in [-0.3, -0.25) is 0 Å². The van der Waals surface area contributed by atoms with Gasteiger partial charge in [-0.1, -0.05) is 13.0 Å². The largest absolute Gasteiger partial charge is 0.317 e. The molecule has 0 amide bonds. The molecule has 0 fully saturated rings. The van der Waals surface area contributed by atoms with Crippen LogP contribution in [0.4, 0.5) is 0 Å². The van der Waals surface area contributed by atoms with Gasteiger partial charge in [0.25, 0.3) is 0 Å². The molecule has 0 saturated carbocycles. The van der Waals surface area contributed by atoms with Crippen LogP contribution >= 0.6 is 11.8 Å². The summed E-state index contributed by atoms with van der Waals surface area (Å²) in [5, 5.41) is 3.36. The topological polar surface area (TPSA) is 12.0 Å². The maximum Gasteiger partial charge on any atom is 0.00748 e. The van der Waals surface area contributed by atoms with E-state index in [1.54, 1.807) is 11.1 Å². The summed E-state index contributed by atoms with van der Waals surface area (Å²) in [5.74, 6) is 1.23. The molecule has 1 aromatic rings. The van der Waals surface area contributed by atoms with Crippen molar-refractivity contribution in [2.75, 3.05) is 18.8 Å². The number of hydrogen-bond donors (Lipinski definition) is 1. The number of aryl methyl sites for hydroxylation is 2. The fraction of sp³-hybridized carbons (Fsp3) is 0.571. The molecule has 0 bridgehead atoms. The monoisotopic (exact) mass is 235 g/mol. The molecule has 0 saturated heterocycles. The number of fused-ring (bicyclic) bond motifs is 1. The lowest BCUT2D eigenvalue weighted by molar-refractivity contribution is 0.707. The van der Waals surface area contributed by atoms with Gasteiger partial charge in [-0.15, -0.1) is 11.8 Å². The van der Waals surface area contributed by atoms with Gasteiger partial charge in [-0.05, 0) is 67.8 Å². The number of rotatable bonds is 6. The van der Waals surface area contributed by atoms with Crippen LogP contribution < -0.4 is 5.32 Å². The van der Waals surface area contributed by atoms with Gasteiger partial charge in [0.2, 0.25) is 0 Å². The van der Waals surface area contributed by atoms with Crippen molar-refractivity contribution in [2.45, 2.75) is 37.5 Å². The fourth-order valence-electron chi connectivity index (χ4n) is 2.20. The summed E-state index contributed by atoms with van der Waals surface area (Å²) in [5.41, 5.74) is 3.17. The average Bonchev–Trinajstić information content (AvgIpc) is 2.76. The zero-order valence-corrected chi connectivity index (χ0v) is 10.9. The molecule has 88 valence electrons. The molecule has 0 aromatic heterocycles. The van der Waals surface area contributed by atoms with Crippen molar-refractivity contribution in [2.24, 2.45) is 0 Å². The number of thioether (sulfide) groups is 1. The van der Waals surface area contributed by atoms with E-state index in [1.807, 2.05) is 11.8 Å². The van der Waals surface area contributed by atoms with Crippen LogP contribution in [0.5, 0.6) is 0 Å². The molecule has 0 spiro atoms. The van der Waals surface area contributed by atoms with Crippen LogP contribution in [-0.2, 0) is 12.8 Å². The van der Waals surface area contributed by atoms with E-state index in [0.717, 1.165) is 13.1 Å². The Hall–Kier alpha value is -0.470. The van der Waals surface area contributed by atoms with Crippen molar-refractivity contribution in [1.82, 2.24) is 5.32 Å². The minimum absolute atomic E-state index is 1.09. The van der Waals surface area contributed by atoms with E-state index in [4.69, 9.17) is 0 Å². The van der Waals surface area contributed by atoms with Crippen molar-refractivity contribution in [3.05, 3.63) is 29.3 Å². The molecule has 2 rings (SSSR count). The molecule has 16 heavy (non-hydrogen) atoms. The molecule has 0 heterocycles. The van der Waals surface area contributed by atoms with Gasteiger partial charge in [0.1, 0.15) is 0 Å². The van der Waals surface area contributed by atoms with E-state index in [-0.39, 0.29) is 0 Å². The second-order valence-electron chi connectivity index (χ2n) is 4.34. The van der Waals surface area contributed by atoms with Gasteiger partial charge >= 0.3 is 0 Å². The third kappa shape index (κ3) is 3.26. The van der Waals surface area contributed by atoms with Crippen molar-refractivity contribution >= 4 is 11.8 Å². The number of nitrogens with one attached hydrogen (secondary N) is 1. The van der Waals surface area contributed by atoms with Crippen LogP contribution in [0.25, 0.3) is 0 Å². The highest BCUT2D eigenvalue weighted by Gasteiger charge is 2.10. The first-order chi connectivity index (χ1) is 7.90. The Labute approximate surface area is 103 Å². The van der Waals surface area contributed by atoms with Crippen LogP contribution in [-0.4, -0.2) is 18.8 Å². The van der Waals surface area contributed by atoms with E-state index in [9.17, 15) is 0 Å². The molecule has 1 aromatic carbocycles. The zero-order valence-electron chi connectivity index (χ0n) is 10.1. The lowest BCUT2D eigenvalue weighted by atomic mass is 10.1. The minimum atomic E-state index is 1.09. The Bertz CT molecular complexity index is 336. The van der Waals surface area contributed by atoms with E-state index in [1.165, 1.54) is 36.3 Å². The summed E-state index contributed by atoms with van der Waals surface area (Å²) in [6.07, 6.45) is 5.20. The SMILES string of the molecule is CCNCCCSc1ccc2c(c1)CCC2. The Kier molecular flexibility index (Phi) is 4.73. The highest BCUT2D eigenvalue weighted by atomic mass is 32.2. The predicted octanol–water partition coefficient (Wildman–Crippen LogP) is 3.27. The van der Waals surface area contributed by atoms with Crippen molar-refractivity contribution in [3.63, 3.8) is 0 Å². The minimum Gasteiger partial charge on any atom is -0.317 e. The summed E-state index contributed by atoms with van der Waals surface area (Å²) in [4.78, 5) is 1.46. The van der Waals surface area contributed by atoms with Gasteiger partial charge in [0.15, 0.2) is 0 Å². The zero-order chi connectivity index (χ0) is 11.2. The summed E-state index contributed by atoms with van der Waals surface area (Å²) in [6, 6.07) is 7.03. The van der Waals surface area contributed by atoms with Gasteiger partial charge in [0, 0.05) is 4.90 Å². The predicted molar refractivity (Wildman–Crippen MR) is 72.4 cm³/mol. The summed E-state index contributed by atoms with van der Waals surface area (Å²) in [6.45, 7) is 4.39. The third-order valence-electron chi connectivity index (χ3n) is 3.09. The Morgan fingerprint density at radius 1 is 1.25 bits per heavy atom. The lowest BCUT2D eigenvalue weighted by Crippen LogP contribution is -2.14. The molecule has 0 radical (unpaired) electrons. The van der Waals surface area contributed by atoms with E-state index in [2.05, 4.69) is 30.4 Å². The molecule has 0 aliphatic heterocycles. The van der Waals surface area contributed by atoms with Gasteiger partial charge in [-0.2, -0.15) is 0 Å². The second kappa shape index (κ2) is 6.31. The molecule has 1 nitrogen and oxygen atoms in total. The molecule has 1 aliphatic carbocycles. The van der Waals surface area contributed by atoms with Crippen molar-refractivity contribution in [1.29, 1.82) is 0 Å². The summed E-state index contributed by atoms with van der Waals surface area (Å²) >= 11 is 2.00. The first-order valence-corrected chi connectivity index (χ1v) is 7.34. The van der Waals surface area contributed by atoms with Crippen molar-refractivity contribution < 1.29 is 0 Å². The van der Waals surface area contributed by atoms with E-state index in [0.29, 0.717) is 0 Å². The molecule has 0 atom stereocenters. The maximum atomic E-state index is 3.36. The Balaban J connectivity index is 1.77. The smallest absolute Gasteiger partial charge is 0.00748 e. The van der Waals surface area contributed by atoms with Crippen LogP contribution in [0.1, 0.15) is 30.9 Å². The molecule has 2 heteroatoms. The standard InChI is InChI=1S/C14H21NS/c1-2-15-9-4-10-16-14-8-7-12-5-3-6-13(12)11-14/h7-8,11,15H,2-6,9-10H2,1H3. The van der Waals surface area contributed by atoms with Crippen LogP contribution in [0.3, 0.4) is 0 Å². The Morgan fingerprint density at radius 3 is 3.00 bits per heavy atom. The molecule has 1 aliphatic rings.